The number of nitrogens with one attached hydrogen (secondary N) is 2. The molecule has 0 spiro atoms. The second-order valence-electron chi connectivity index (χ2n) is 8.60. The number of aromatic nitrogens is 4. The van der Waals surface area contributed by atoms with Crippen LogP contribution in [0.25, 0.3) is 5.78 Å². The maximum absolute atomic E-state index is 12.5. The summed E-state index contributed by atoms with van der Waals surface area (Å²) in [6.07, 6.45) is 0.227. The Balaban J connectivity index is 1.68. The average molecular weight is 455 g/mol. The largest absolute Gasteiger partial charge is 0.495 e. The minimum absolute atomic E-state index is 0.118. The summed E-state index contributed by atoms with van der Waals surface area (Å²) in [5.74, 6) is 1.34. The lowest BCUT2D eigenvalue weighted by Crippen LogP contribution is -2.32. The van der Waals surface area contributed by atoms with E-state index >= 15 is 0 Å². The van der Waals surface area contributed by atoms with Gasteiger partial charge < -0.3 is 20.1 Å². The molecule has 0 radical (unpaired) electrons. The van der Waals surface area contributed by atoms with Gasteiger partial charge in [-0.15, -0.1) is 5.10 Å². The van der Waals surface area contributed by atoms with Crippen molar-refractivity contribution >= 4 is 23.5 Å². The fourth-order valence-electron chi connectivity index (χ4n) is 3.35. The van der Waals surface area contributed by atoms with E-state index in [0.717, 1.165) is 17.0 Å². The first kappa shape index (κ1) is 24.0. The average Bonchev–Trinajstić information content (AvgIpc) is 3.14. The molecule has 0 atom stereocenters. The summed E-state index contributed by atoms with van der Waals surface area (Å²) < 4.78 is 12.1. The van der Waals surface area contributed by atoms with Crippen molar-refractivity contribution in [2.24, 2.45) is 0 Å². The molecule has 3 rings (SSSR count). The molecule has 2 aromatic heterocycles. The van der Waals surface area contributed by atoms with Gasteiger partial charge in [-0.1, -0.05) is 12.1 Å². The molecule has 0 aliphatic rings. The molecule has 176 valence electrons. The van der Waals surface area contributed by atoms with Crippen LogP contribution in [-0.4, -0.2) is 44.3 Å². The van der Waals surface area contributed by atoms with E-state index in [9.17, 15) is 9.59 Å². The number of hydrogen-bond donors (Lipinski definition) is 2. The Kier molecular flexibility index (Phi) is 7.15. The normalized spacial score (nSPS) is 11.3. The summed E-state index contributed by atoms with van der Waals surface area (Å²) in [6.45, 7) is 9.30. The van der Waals surface area contributed by atoms with Crippen molar-refractivity contribution in [1.82, 2.24) is 24.9 Å². The molecular weight excluding hydrogens is 424 g/mol. The molecule has 2 heterocycles. The van der Waals surface area contributed by atoms with Gasteiger partial charge in [0.2, 0.25) is 5.91 Å². The van der Waals surface area contributed by atoms with E-state index in [-0.39, 0.29) is 18.9 Å². The second-order valence-corrected chi connectivity index (χ2v) is 8.60. The van der Waals surface area contributed by atoms with E-state index < -0.39 is 11.7 Å². The predicted octanol–water partition coefficient (Wildman–Crippen LogP) is 3.35. The molecule has 1 aromatic carbocycles. The van der Waals surface area contributed by atoms with Crippen LogP contribution in [0.3, 0.4) is 0 Å². The van der Waals surface area contributed by atoms with Gasteiger partial charge in [-0.05, 0) is 58.7 Å². The molecule has 0 bridgehead atoms. The second kappa shape index (κ2) is 9.85. The van der Waals surface area contributed by atoms with E-state index in [0.29, 0.717) is 29.5 Å². The number of nitrogens with zero attached hydrogens (tertiary/aromatic N) is 4. The third kappa shape index (κ3) is 6.18. The number of ether oxygens (including phenoxy) is 2. The molecule has 0 saturated heterocycles. The molecule has 10 heteroatoms. The number of para-hydroxylation sites is 2. The maximum Gasteiger partial charge on any atom is 0.408 e. The number of anilines is 1. The van der Waals surface area contributed by atoms with Crippen molar-refractivity contribution in [2.75, 3.05) is 12.4 Å². The van der Waals surface area contributed by atoms with Crippen LogP contribution in [0, 0.1) is 13.8 Å². The smallest absolute Gasteiger partial charge is 0.408 e. The maximum atomic E-state index is 12.5. The van der Waals surface area contributed by atoms with Crippen molar-refractivity contribution in [3.05, 3.63) is 47.0 Å². The summed E-state index contributed by atoms with van der Waals surface area (Å²) in [5, 5.41) is 9.99. The predicted molar refractivity (Wildman–Crippen MR) is 123 cm³/mol. The number of rotatable bonds is 7. The minimum Gasteiger partial charge on any atom is -0.495 e. The van der Waals surface area contributed by atoms with Crippen molar-refractivity contribution in [3.8, 4) is 5.75 Å². The number of methoxy groups -OCH3 is 1. The zero-order valence-corrected chi connectivity index (χ0v) is 19.9. The Hall–Kier alpha value is -3.69. The van der Waals surface area contributed by atoms with Crippen molar-refractivity contribution < 1.29 is 19.1 Å². The fraction of sp³-hybridized carbons (Fsp3) is 0.435. The van der Waals surface area contributed by atoms with E-state index in [1.165, 1.54) is 0 Å². The number of aryl methyl sites for hydroxylation is 2. The number of amides is 2. The highest BCUT2D eigenvalue weighted by Crippen LogP contribution is 2.23. The molecule has 2 N–H and O–H groups in total. The molecule has 33 heavy (non-hydrogen) atoms. The first-order valence-electron chi connectivity index (χ1n) is 10.7. The highest BCUT2D eigenvalue weighted by molar-refractivity contribution is 5.92. The Morgan fingerprint density at radius 2 is 1.85 bits per heavy atom. The van der Waals surface area contributed by atoms with Gasteiger partial charge in [-0.2, -0.15) is 4.98 Å². The van der Waals surface area contributed by atoms with Crippen LogP contribution in [-0.2, 0) is 22.5 Å². The van der Waals surface area contributed by atoms with Crippen LogP contribution in [0.15, 0.2) is 24.3 Å². The highest BCUT2D eigenvalue weighted by Gasteiger charge is 2.18. The van der Waals surface area contributed by atoms with Gasteiger partial charge in [0.1, 0.15) is 11.4 Å². The van der Waals surface area contributed by atoms with Crippen LogP contribution in [0.1, 0.15) is 50.0 Å². The molecule has 0 aliphatic heterocycles. The SMILES string of the molecule is COc1ccccc1NC(=O)CCc1c(C)nc2nc(CNC(=O)OC(C)(C)C)nn2c1C. The first-order valence-corrected chi connectivity index (χ1v) is 10.7. The Bertz CT molecular complexity index is 1170. The standard InChI is InChI=1S/C23H30N6O4/c1-14-16(11-12-20(30)26-17-9-7-8-10-18(17)32-6)15(2)29-21(25-14)27-19(28-29)13-24-22(31)33-23(3,4)5/h7-10H,11-13H2,1-6H3,(H,24,31)(H,26,30). The van der Waals surface area contributed by atoms with E-state index in [4.69, 9.17) is 9.47 Å². The summed E-state index contributed by atoms with van der Waals surface area (Å²) in [6, 6.07) is 7.27. The van der Waals surface area contributed by atoms with E-state index in [1.807, 2.05) is 26.0 Å². The van der Waals surface area contributed by atoms with E-state index in [1.54, 1.807) is 44.5 Å². The zero-order chi connectivity index (χ0) is 24.2. The van der Waals surface area contributed by atoms with Crippen molar-refractivity contribution in [1.29, 1.82) is 0 Å². The van der Waals surface area contributed by atoms with Crippen LogP contribution in [0.2, 0.25) is 0 Å². The van der Waals surface area contributed by atoms with Crippen LogP contribution < -0.4 is 15.4 Å². The number of fused-ring (bicyclic) bond motifs is 1. The van der Waals surface area contributed by atoms with Gasteiger partial charge in [-0.3, -0.25) is 4.79 Å². The number of benzene rings is 1. The number of carbonyl (C=O) groups is 2. The van der Waals surface area contributed by atoms with Crippen molar-refractivity contribution in [3.63, 3.8) is 0 Å². The molecule has 10 nitrogen and oxygen atoms in total. The molecule has 0 fully saturated rings. The van der Waals surface area contributed by atoms with E-state index in [2.05, 4.69) is 25.7 Å². The number of carbonyl (C=O) groups excluding carboxylic acids is 2. The molecule has 2 amide bonds. The topological polar surface area (TPSA) is 120 Å². The van der Waals surface area contributed by atoms with Crippen LogP contribution in [0.5, 0.6) is 5.75 Å². The molecule has 0 saturated carbocycles. The lowest BCUT2D eigenvalue weighted by Gasteiger charge is -2.19. The van der Waals surface area contributed by atoms with Gasteiger partial charge >= 0.3 is 6.09 Å². The Morgan fingerprint density at radius 1 is 1.12 bits per heavy atom. The minimum atomic E-state index is -0.585. The Labute approximate surface area is 192 Å². The fourth-order valence-corrected chi connectivity index (χ4v) is 3.35. The van der Waals surface area contributed by atoms with Gasteiger partial charge in [0.25, 0.3) is 5.78 Å². The lowest BCUT2D eigenvalue weighted by molar-refractivity contribution is -0.116. The van der Waals surface area contributed by atoms with Gasteiger partial charge in [0, 0.05) is 17.8 Å². The van der Waals surface area contributed by atoms with Gasteiger partial charge in [-0.25, -0.2) is 14.3 Å². The molecule has 3 aromatic rings. The first-order chi connectivity index (χ1) is 15.6. The van der Waals surface area contributed by atoms with Crippen molar-refractivity contribution in [2.45, 2.75) is 59.6 Å². The third-order valence-electron chi connectivity index (χ3n) is 4.87. The quantitative estimate of drug-likeness (QED) is 0.562. The number of hydrogen-bond acceptors (Lipinski definition) is 7. The third-order valence-corrected chi connectivity index (χ3v) is 4.87. The monoisotopic (exact) mass is 454 g/mol. The zero-order valence-electron chi connectivity index (χ0n) is 19.9. The summed E-state index contributed by atoms with van der Waals surface area (Å²) in [4.78, 5) is 33.3. The van der Waals surface area contributed by atoms with Gasteiger partial charge in [0.15, 0.2) is 5.82 Å². The molecule has 0 aliphatic carbocycles. The summed E-state index contributed by atoms with van der Waals surface area (Å²) in [5.41, 5.74) is 2.60. The van der Waals surface area contributed by atoms with Crippen LogP contribution in [0.4, 0.5) is 10.5 Å². The Morgan fingerprint density at radius 3 is 2.55 bits per heavy atom. The molecule has 0 unspecified atom stereocenters. The summed E-state index contributed by atoms with van der Waals surface area (Å²) >= 11 is 0. The number of alkyl carbamates (subject to hydrolysis) is 1. The molecular formula is C23H30N6O4. The van der Waals surface area contributed by atoms with Crippen LogP contribution >= 0.6 is 0 Å². The van der Waals surface area contributed by atoms with Gasteiger partial charge in [0.05, 0.1) is 19.3 Å². The highest BCUT2D eigenvalue weighted by atomic mass is 16.6. The lowest BCUT2D eigenvalue weighted by atomic mass is 10.1. The summed E-state index contributed by atoms with van der Waals surface area (Å²) in [7, 11) is 1.56.